The lowest BCUT2D eigenvalue weighted by Gasteiger charge is -2.08. The zero-order valence-electron chi connectivity index (χ0n) is 5.89. The van der Waals surface area contributed by atoms with E-state index < -0.39 is 0 Å². The van der Waals surface area contributed by atoms with E-state index in [1.807, 2.05) is 26.8 Å². The monoisotopic (exact) mass is 126 g/mol. The lowest BCUT2D eigenvalue weighted by molar-refractivity contribution is -0.117. The normalized spacial score (nSPS) is 22.1. The molecule has 1 rings (SSSR count). The Morgan fingerprint density at radius 2 is 1.89 bits per heavy atom. The summed E-state index contributed by atoms with van der Waals surface area (Å²) in [6.45, 7) is 6.07. The minimum Gasteiger partial charge on any atom is -0.413 e. The Hall–Kier alpha value is -0.790. The largest absolute Gasteiger partial charge is 0.413 e. The molecule has 0 atom stereocenters. The van der Waals surface area contributed by atoms with Crippen molar-refractivity contribution in [2.75, 3.05) is 0 Å². The van der Waals surface area contributed by atoms with Crippen LogP contribution in [0.4, 0.5) is 0 Å². The van der Waals surface area contributed by atoms with Crippen molar-refractivity contribution in [1.82, 2.24) is 0 Å². The molecule has 0 N–H and O–H groups in total. The van der Waals surface area contributed by atoms with Gasteiger partial charge < -0.3 is 4.74 Å². The second-order valence-electron chi connectivity index (χ2n) is 3.26. The molecule has 1 saturated heterocycles. The van der Waals surface area contributed by atoms with Crippen LogP contribution in [0.1, 0.15) is 20.8 Å². The highest BCUT2D eigenvalue weighted by molar-refractivity contribution is 6.00. The fourth-order valence-corrected chi connectivity index (χ4v) is 0.556. The SMILES string of the molecule is CC(C)(C)C=C1OC1=O. The van der Waals surface area contributed by atoms with Gasteiger partial charge in [0.15, 0.2) is 0 Å². The summed E-state index contributed by atoms with van der Waals surface area (Å²) in [6.07, 6.45) is 1.83. The van der Waals surface area contributed by atoms with Gasteiger partial charge in [0, 0.05) is 0 Å². The Balaban J connectivity index is 2.61. The lowest BCUT2D eigenvalue weighted by Crippen LogP contribution is -1.98. The van der Waals surface area contributed by atoms with Gasteiger partial charge in [-0.2, -0.15) is 0 Å². The molecule has 0 bridgehead atoms. The lowest BCUT2D eigenvalue weighted by atomic mass is 9.96. The zero-order valence-corrected chi connectivity index (χ0v) is 5.89. The molecule has 0 aliphatic carbocycles. The van der Waals surface area contributed by atoms with E-state index in [0.717, 1.165) is 0 Å². The van der Waals surface area contributed by atoms with Crippen LogP contribution in [-0.2, 0) is 9.53 Å². The Bertz CT molecular complexity index is 172. The number of cyclic esters (lactones) is 1. The van der Waals surface area contributed by atoms with Gasteiger partial charge in [0.1, 0.15) is 0 Å². The van der Waals surface area contributed by atoms with Crippen molar-refractivity contribution in [1.29, 1.82) is 0 Å². The van der Waals surface area contributed by atoms with Crippen LogP contribution in [0.3, 0.4) is 0 Å². The third kappa shape index (κ3) is 1.88. The number of allylic oxidation sites excluding steroid dienone is 1. The Morgan fingerprint density at radius 1 is 1.44 bits per heavy atom. The first-order valence-electron chi connectivity index (χ1n) is 2.94. The van der Waals surface area contributed by atoms with Crippen molar-refractivity contribution in [3.8, 4) is 0 Å². The Kier molecular flexibility index (Phi) is 1.12. The Labute approximate surface area is 54.5 Å². The van der Waals surface area contributed by atoms with Crippen LogP contribution in [0.2, 0.25) is 0 Å². The van der Waals surface area contributed by atoms with Crippen LogP contribution in [0.5, 0.6) is 0 Å². The van der Waals surface area contributed by atoms with Crippen molar-refractivity contribution in [2.45, 2.75) is 20.8 Å². The van der Waals surface area contributed by atoms with E-state index in [9.17, 15) is 4.79 Å². The summed E-state index contributed by atoms with van der Waals surface area (Å²) >= 11 is 0. The van der Waals surface area contributed by atoms with E-state index in [4.69, 9.17) is 0 Å². The number of hydrogen-bond acceptors (Lipinski definition) is 2. The minimum atomic E-state index is -0.176. The third-order valence-corrected chi connectivity index (χ3v) is 0.926. The topological polar surface area (TPSA) is 29.6 Å². The predicted molar refractivity (Wildman–Crippen MR) is 33.6 cm³/mol. The molecule has 1 heterocycles. The molecule has 1 aliphatic rings. The van der Waals surface area contributed by atoms with Crippen LogP contribution in [-0.4, -0.2) is 5.97 Å². The second kappa shape index (κ2) is 1.59. The summed E-state index contributed by atoms with van der Waals surface area (Å²) in [7, 11) is 0. The highest BCUT2D eigenvalue weighted by atomic mass is 16.6. The molecule has 2 heteroatoms. The van der Waals surface area contributed by atoms with E-state index in [2.05, 4.69) is 4.74 Å². The van der Waals surface area contributed by atoms with E-state index in [1.54, 1.807) is 0 Å². The number of epoxide rings is 1. The summed E-state index contributed by atoms with van der Waals surface area (Å²) in [5, 5.41) is 0. The molecule has 9 heavy (non-hydrogen) atoms. The predicted octanol–water partition coefficient (Wildman–Crippen LogP) is 1.47. The van der Waals surface area contributed by atoms with Crippen LogP contribution in [0.25, 0.3) is 0 Å². The van der Waals surface area contributed by atoms with Crippen molar-refractivity contribution in [3.63, 3.8) is 0 Å². The number of rotatable bonds is 0. The van der Waals surface area contributed by atoms with E-state index >= 15 is 0 Å². The summed E-state index contributed by atoms with van der Waals surface area (Å²) < 4.78 is 4.52. The number of carbonyl (C=O) groups is 1. The van der Waals surface area contributed by atoms with Crippen molar-refractivity contribution in [3.05, 3.63) is 11.8 Å². The van der Waals surface area contributed by atoms with Gasteiger partial charge in [0.2, 0.25) is 5.76 Å². The molecule has 1 aliphatic heterocycles. The fraction of sp³-hybridized carbons (Fsp3) is 0.571. The summed E-state index contributed by atoms with van der Waals surface area (Å²) in [5.74, 6) is 0.340. The van der Waals surface area contributed by atoms with Crippen LogP contribution < -0.4 is 0 Å². The highest BCUT2D eigenvalue weighted by Gasteiger charge is 2.31. The number of carbonyl (C=O) groups excluding carboxylic acids is 1. The Morgan fingerprint density at radius 3 is 2.00 bits per heavy atom. The fourth-order valence-electron chi connectivity index (χ4n) is 0.556. The number of ether oxygens (including phenoxy) is 1. The van der Waals surface area contributed by atoms with Crippen molar-refractivity contribution >= 4 is 5.97 Å². The van der Waals surface area contributed by atoms with Gasteiger partial charge in [-0.1, -0.05) is 20.8 Å². The molecular formula is C7H10O2. The van der Waals surface area contributed by atoms with Gasteiger partial charge in [-0.15, -0.1) is 0 Å². The second-order valence-corrected chi connectivity index (χ2v) is 3.26. The zero-order chi connectivity index (χ0) is 7.07. The molecule has 2 nitrogen and oxygen atoms in total. The van der Waals surface area contributed by atoms with Gasteiger partial charge in [-0.25, -0.2) is 4.79 Å². The first-order valence-corrected chi connectivity index (χ1v) is 2.94. The first kappa shape index (κ1) is 6.33. The molecule has 0 amide bonds. The van der Waals surface area contributed by atoms with Crippen molar-refractivity contribution < 1.29 is 9.53 Å². The molecule has 0 aromatic heterocycles. The highest BCUT2D eigenvalue weighted by Crippen LogP contribution is 2.25. The smallest absolute Gasteiger partial charge is 0.379 e. The summed E-state index contributed by atoms with van der Waals surface area (Å²) in [6, 6.07) is 0. The molecule has 1 fully saturated rings. The van der Waals surface area contributed by atoms with Gasteiger partial charge in [-0.05, 0) is 11.5 Å². The molecule has 0 unspecified atom stereocenters. The first-order chi connectivity index (χ1) is 3.99. The van der Waals surface area contributed by atoms with Gasteiger partial charge >= 0.3 is 5.97 Å². The minimum absolute atomic E-state index is 0.0570. The quantitative estimate of drug-likeness (QED) is 0.363. The summed E-state index contributed by atoms with van der Waals surface area (Å²) in [5.41, 5.74) is 0.0570. The van der Waals surface area contributed by atoms with Gasteiger partial charge in [-0.3, -0.25) is 0 Å². The van der Waals surface area contributed by atoms with E-state index in [0.29, 0.717) is 5.76 Å². The molecule has 0 aromatic carbocycles. The molecular weight excluding hydrogens is 116 g/mol. The standard InChI is InChI=1S/C7H10O2/c1-7(2,3)4-5-6(8)9-5/h4H,1-3H3. The van der Waals surface area contributed by atoms with Crippen LogP contribution in [0.15, 0.2) is 11.8 Å². The molecule has 0 aromatic rings. The van der Waals surface area contributed by atoms with Crippen molar-refractivity contribution in [2.24, 2.45) is 5.41 Å². The van der Waals surface area contributed by atoms with Crippen LogP contribution in [0, 0.1) is 5.41 Å². The average Bonchev–Trinajstić information content (AvgIpc) is 2.13. The number of hydrogen-bond donors (Lipinski definition) is 0. The van der Waals surface area contributed by atoms with Gasteiger partial charge in [0.05, 0.1) is 0 Å². The van der Waals surface area contributed by atoms with E-state index in [1.165, 1.54) is 0 Å². The van der Waals surface area contributed by atoms with Crippen LogP contribution >= 0.6 is 0 Å². The molecule has 50 valence electrons. The van der Waals surface area contributed by atoms with E-state index in [-0.39, 0.29) is 11.4 Å². The maximum Gasteiger partial charge on any atom is 0.379 e. The maximum absolute atomic E-state index is 10.3. The molecule has 0 spiro atoms. The molecule has 0 radical (unpaired) electrons. The molecule has 0 saturated carbocycles. The third-order valence-electron chi connectivity index (χ3n) is 0.926. The average molecular weight is 126 g/mol. The maximum atomic E-state index is 10.3. The summed E-state index contributed by atoms with van der Waals surface area (Å²) in [4.78, 5) is 10.3. The van der Waals surface area contributed by atoms with Gasteiger partial charge in [0.25, 0.3) is 0 Å².